The van der Waals surface area contributed by atoms with Gasteiger partial charge in [0.1, 0.15) is 0 Å². The van der Waals surface area contributed by atoms with Crippen molar-refractivity contribution in [3.63, 3.8) is 0 Å². The first-order valence-electron chi connectivity index (χ1n) is 27.4. The van der Waals surface area contributed by atoms with Gasteiger partial charge in [0.2, 0.25) is 0 Å². The second-order valence-electron chi connectivity index (χ2n) is 26.7. The van der Waals surface area contributed by atoms with Gasteiger partial charge in [-0.25, -0.2) is 0 Å². The SMILES string of the molecule is CCC1(CC2=C3C(C)(CC4(C)C(CC5(CC)CCCCC5)CC(C)c5c(-c6ccc(C(C)(C)C)cc6)cccc5C4[Si]3(C)C)c3cccc(-c4ccc(C(C)(C)C)cc4)c3C2)CCCCC1. The van der Waals surface area contributed by atoms with Crippen molar-refractivity contribution in [1.29, 1.82) is 0 Å². The van der Waals surface area contributed by atoms with Gasteiger partial charge in [-0.15, -0.1) is 0 Å². The number of fused-ring (bicyclic) bond motifs is 6. The Balaban J connectivity index is 1.29. The van der Waals surface area contributed by atoms with E-state index in [1.807, 2.05) is 10.8 Å². The maximum absolute atomic E-state index is 2.92. The number of hydrogen-bond acceptors (Lipinski definition) is 0. The molecule has 5 unspecified atom stereocenters. The highest BCUT2D eigenvalue weighted by Gasteiger charge is 2.64. The van der Waals surface area contributed by atoms with Gasteiger partial charge < -0.3 is 0 Å². The Kier molecular flexibility index (Phi) is 12.6. The van der Waals surface area contributed by atoms with Crippen molar-refractivity contribution in [2.45, 2.75) is 226 Å². The molecule has 1 aliphatic heterocycles. The van der Waals surface area contributed by atoms with E-state index < -0.39 is 8.07 Å². The van der Waals surface area contributed by atoms with Crippen LogP contribution < -0.4 is 0 Å². The molecular formula is C65H90Si. The van der Waals surface area contributed by atoms with E-state index in [-0.39, 0.29) is 21.7 Å². The average molecular weight is 900 g/mol. The molecule has 1 heterocycles. The van der Waals surface area contributed by atoms with Crippen molar-refractivity contribution in [3.8, 4) is 22.3 Å². The third-order valence-electron chi connectivity index (χ3n) is 20.1. The number of rotatable bonds is 8. The first-order valence-corrected chi connectivity index (χ1v) is 30.5. The Morgan fingerprint density at radius 3 is 1.68 bits per heavy atom. The summed E-state index contributed by atoms with van der Waals surface area (Å²) in [4.78, 5) is 0. The first-order chi connectivity index (χ1) is 31.2. The third kappa shape index (κ3) is 8.21. The van der Waals surface area contributed by atoms with Crippen LogP contribution in [0.4, 0.5) is 0 Å². The lowest BCUT2D eigenvalue weighted by Crippen LogP contribution is -2.61. The van der Waals surface area contributed by atoms with Gasteiger partial charge in [0.25, 0.3) is 0 Å². The summed E-state index contributed by atoms with van der Waals surface area (Å²) < 4.78 is 0. The molecule has 0 aromatic heterocycles. The molecule has 66 heavy (non-hydrogen) atoms. The van der Waals surface area contributed by atoms with E-state index in [0.717, 1.165) is 6.42 Å². The lowest BCUT2D eigenvalue weighted by Gasteiger charge is -2.63. The Morgan fingerprint density at radius 1 is 0.621 bits per heavy atom. The molecule has 3 fully saturated rings. The molecule has 354 valence electrons. The van der Waals surface area contributed by atoms with E-state index in [1.54, 1.807) is 22.3 Å². The van der Waals surface area contributed by atoms with E-state index in [1.165, 1.54) is 136 Å². The van der Waals surface area contributed by atoms with Crippen LogP contribution in [0.2, 0.25) is 13.1 Å². The zero-order valence-electron chi connectivity index (χ0n) is 44.3. The third-order valence-corrected chi connectivity index (χ3v) is 24.7. The minimum Gasteiger partial charge on any atom is -0.0706 e. The Hall–Kier alpha value is -3.16. The smallest absolute Gasteiger partial charge is 0.0706 e. The van der Waals surface area contributed by atoms with E-state index in [4.69, 9.17) is 0 Å². The van der Waals surface area contributed by atoms with Crippen LogP contribution in [0.1, 0.15) is 224 Å². The Bertz CT molecular complexity index is 2410. The highest BCUT2D eigenvalue weighted by atomic mass is 28.3. The van der Waals surface area contributed by atoms with Crippen LogP contribution in [0.15, 0.2) is 95.7 Å². The molecule has 5 aliphatic rings. The summed E-state index contributed by atoms with van der Waals surface area (Å²) >= 11 is 0. The molecular weight excluding hydrogens is 809 g/mol. The molecule has 4 aliphatic carbocycles. The standard InChI is InChI=1S/C65H90Si/c1-14-64(36-18-16-19-37-64)42-48-41-55-52(46-28-32-49(33-29-46)60(4,5)6)24-23-27-56(55)63(11)44-62(10)51(43-65(15-2)38-20-17-21-39-65)40-45(3)57-53(47-30-34-50(35-31-47)61(7,8)9)25-22-26-54(57)59(62)66(12,13)58(48)63/h22-35,45,51,59H,14-21,36-44H2,1-13H3. The lowest BCUT2D eigenvalue weighted by molar-refractivity contribution is 0.0392. The van der Waals surface area contributed by atoms with Crippen molar-refractivity contribution in [2.75, 3.05) is 0 Å². The largest absolute Gasteiger partial charge is 0.0845 e. The topological polar surface area (TPSA) is 0 Å². The van der Waals surface area contributed by atoms with Gasteiger partial charge in [0.15, 0.2) is 0 Å². The summed E-state index contributed by atoms with van der Waals surface area (Å²) in [7, 11) is -2.28. The zero-order chi connectivity index (χ0) is 47.1. The number of allylic oxidation sites excluding steroid dienone is 2. The Morgan fingerprint density at radius 2 is 1.14 bits per heavy atom. The maximum atomic E-state index is 2.92. The van der Waals surface area contributed by atoms with Crippen LogP contribution in [0.3, 0.4) is 0 Å². The fourth-order valence-electron chi connectivity index (χ4n) is 16.9. The molecule has 9 rings (SSSR count). The molecule has 4 aromatic rings. The molecule has 1 heteroatoms. The summed E-state index contributed by atoms with van der Waals surface area (Å²) in [6.07, 6.45) is 23.2. The minimum atomic E-state index is -2.28. The van der Waals surface area contributed by atoms with E-state index in [0.29, 0.717) is 28.2 Å². The van der Waals surface area contributed by atoms with Gasteiger partial charge >= 0.3 is 0 Å². The average Bonchev–Trinajstić information content (AvgIpc) is 3.37. The van der Waals surface area contributed by atoms with Gasteiger partial charge in [-0.05, 0) is 158 Å². The van der Waals surface area contributed by atoms with Crippen molar-refractivity contribution >= 4 is 8.07 Å². The normalized spacial score (nSPS) is 28.1. The lowest BCUT2D eigenvalue weighted by atomic mass is 9.54. The van der Waals surface area contributed by atoms with E-state index in [2.05, 4.69) is 174 Å². The molecule has 5 atom stereocenters. The van der Waals surface area contributed by atoms with Crippen molar-refractivity contribution in [3.05, 3.63) is 129 Å². The molecule has 0 radical (unpaired) electrons. The fourth-order valence-corrected chi connectivity index (χ4v) is 22.9. The quantitative estimate of drug-likeness (QED) is 0.155. The van der Waals surface area contributed by atoms with E-state index >= 15 is 0 Å². The molecule has 4 aromatic carbocycles. The second-order valence-corrected chi connectivity index (χ2v) is 31.2. The highest BCUT2D eigenvalue weighted by molar-refractivity contribution is 6.86. The summed E-state index contributed by atoms with van der Waals surface area (Å²) in [6.45, 7) is 33.4. The van der Waals surface area contributed by atoms with Crippen LogP contribution in [-0.4, -0.2) is 8.07 Å². The van der Waals surface area contributed by atoms with Crippen molar-refractivity contribution < 1.29 is 0 Å². The molecule has 0 N–H and O–H groups in total. The van der Waals surface area contributed by atoms with Crippen LogP contribution in [0, 0.1) is 22.2 Å². The summed E-state index contributed by atoms with van der Waals surface area (Å²) in [6, 6.07) is 34.9. The fraction of sp³-hybridized carbons (Fsp3) is 0.600. The second kappa shape index (κ2) is 17.4. The molecule has 0 spiro atoms. The number of benzene rings is 4. The predicted molar refractivity (Wildman–Crippen MR) is 290 cm³/mol. The van der Waals surface area contributed by atoms with Crippen molar-refractivity contribution in [2.24, 2.45) is 22.2 Å². The molecule has 0 nitrogen and oxygen atoms in total. The first kappa shape index (κ1) is 47.9. The van der Waals surface area contributed by atoms with Crippen molar-refractivity contribution in [1.82, 2.24) is 0 Å². The van der Waals surface area contributed by atoms with Gasteiger partial charge in [-0.3, -0.25) is 0 Å². The molecule has 0 bridgehead atoms. The van der Waals surface area contributed by atoms with Crippen LogP contribution in [0.5, 0.6) is 0 Å². The molecule has 2 saturated carbocycles. The minimum absolute atomic E-state index is 0.00712. The van der Waals surface area contributed by atoms with Gasteiger partial charge in [-0.1, -0.05) is 236 Å². The van der Waals surface area contributed by atoms with Crippen LogP contribution in [-0.2, 0) is 22.7 Å². The van der Waals surface area contributed by atoms with Gasteiger partial charge in [0, 0.05) is 5.41 Å². The van der Waals surface area contributed by atoms with Gasteiger partial charge in [-0.2, -0.15) is 0 Å². The monoisotopic (exact) mass is 899 g/mol. The summed E-state index contributed by atoms with van der Waals surface area (Å²) in [5, 5.41) is 1.98. The Labute approximate surface area is 405 Å². The maximum Gasteiger partial charge on any atom is 0.0845 e. The summed E-state index contributed by atoms with van der Waals surface area (Å²) in [5.74, 6) is 1.18. The van der Waals surface area contributed by atoms with Gasteiger partial charge in [0.05, 0.1) is 8.07 Å². The zero-order valence-corrected chi connectivity index (χ0v) is 45.3. The number of hydrogen-bond donors (Lipinski definition) is 0. The van der Waals surface area contributed by atoms with Crippen LogP contribution >= 0.6 is 0 Å². The van der Waals surface area contributed by atoms with E-state index in [9.17, 15) is 0 Å². The summed E-state index contributed by atoms with van der Waals surface area (Å²) in [5.41, 5.74) is 19.3. The highest BCUT2D eigenvalue weighted by Crippen LogP contribution is 2.70. The van der Waals surface area contributed by atoms with Crippen LogP contribution in [0.25, 0.3) is 22.3 Å². The molecule has 1 saturated heterocycles. The predicted octanol–water partition coefficient (Wildman–Crippen LogP) is 19.3. The molecule has 0 amide bonds.